The Kier molecular flexibility index (Phi) is 8.11. The minimum atomic E-state index is -0.877. The number of hydrogen-bond donors (Lipinski definition) is 2. The summed E-state index contributed by atoms with van der Waals surface area (Å²) in [5, 5.41) is 36.0. The molecule has 0 aromatic heterocycles. The molecule has 2 aromatic rings. The minimum Gasteiger partial charge on any atom is -0.506 e. The largest absolute Gasteiger partial charge is 0.506 e. The summed E-state index contributed by atoms with van der Waals surface area (Å²) in [6.45, 7) is 1.61. The zero-order valence-electron chi connectivity index (χ0n) is 16.8. The van der Waals surface area contributed by atoms with Gasteiger partial charge in [0.15, 0.2) is 0 Å². The van der Waals surface area contributed by atoms with E-state index in [4.69, 9.17) is 4.74 Å². The van der Waals surface area contributed by atoms with E-state index in [1.807, 2.05) is 0 Å². The third-order valence-electron chi connectivity index (χ3n) is 4.01. The third kappa shape index (κ3) is 6.19. The summed E-state index contributed by atoms with van der Waals surface area (Å²) in [4.78, 5) is 44.6. The van der Waals surface area contributed by atoms with Gasteiger partial charge in [-0.2, -0.15) is 5.10 Å². The number of carbonyl (C=O) groups is 2. The van der Waals surface area contributed by atoms with Gasteiger partial charge in [0.1, 0.15) is 11.3 Å². The second-order valence-electron chi connectivity index (χ2n) is 6.15. The molecule has 166 valence electrons. The number of nitrogens with zero attached hydrogens (tertiary/aromatic N) is 3. The van der Waals surface area contributed by atoms with E-state index in [-0.39, 0.29) is 17.7 Å². The highest BCUT2D eigenvalue weighted by molar-refractivity contribution is 6.15. The van der Waals surface area contributed by atoms with Gasteiger partial charge in [0, 0.05) is 17.2 Å². The van der Waals surface area contributed by atoms with Crippen molar-refractivity contribution in [3.63, 3.8) is 0 Å². The van der Waals surface area contributed by atoms with Crippen LogP contribution in [0, 0.1) is 20.2 Å². The van der Waals surface area contributed by atoms with E-state index in [1.165, 1.54) is 0 Å². The maximum Gasteiger partial charge on any atom is 0.343 e. The maximum atomic E-state index is 12.2. The first-order valence-corrected chi connectivity index (χ1v) is 9.14. The summed E-state index contributed by atoms with van der Waals surface area (Å²) in [5.41, 5.74) is 0.939. The summed E-state index contributed by atoms with van der Waals surface area (Å²) in [6.07, 6.45) is 0.386. The van der Waals surface area contributed by atoms with Gasteiger partial charge in [-0.05, 0) is 13.0 Å². The number of aliphatic hydroxyl groups excluding tert-OH is 1. The predicted molar refractivity (Wildman–Crippen MR) is 113 cm³/mol. The number of benzene rings is 2. The van der Waals surface area contributed by atoms with Crippen LogP contribution in [0.4, 0.5) is 11.4 Å². The number of rotatable bonds is 9. The van der Waals surface area contributed by atoms with E-state index in [2.05, 4.69) is 10.5 Å². The molecule has 0 saturated carbocycles. The Labute approximate surface area is 181 Å². The molecule has 1 amide bonds. The molecule has 2 rings (SSSR count). The lowest BCUT2D eigenvalue weighted by Crippen LogP contribution is -2.21. The molecule has 2 aromatic carbocycles. The smallest absolute Gasteiger partial charge is 0.343 e. The van der Waals surface area contributed by atoms with Gasteiger partial charge < -0.3 is 9.84 Å². The van der Waals surface area contributed by atoms with Crippen LogP contribution in [-0.4, -0.2) is 39.7 Å². The van der Waals surface area contributed by atoms with Crippen molar-refractivity contribution in [2.24, 2.45) is 5.10 Å². The minimum absolute atomic E-state index is 0.0361. The molecule has 0 aliphatic carbocycles. The Morgan fingerprint density at radius 1 is 1.12 bits per heavy atom. The Morgan fingerprint density at radius 3 is 2.41 bits per heavy atom. The van der Waals surface area contributed by atoms with Crippen molar-refractivity contribution in [3.8, 4) is 0 Å². The maximum absolute atomic E-state index is 12.2. The number of nitro groups is 2. The Bertz CT molecular complexity index is 1100. The number of amides is 1. The summed E-state index contributed by atoms with van der Waals surface area (Å²) in [5.74, 6) is -2.09. The molecule has 0 bridgehead atoms. The quantitative estimate of drug-likeness (QED) is 0.149. The van der Waals surface area contributed by atoms with Crippen molar-refractivity contribution in [3.05, 3.63) is 85.5 Å². The van der Waals surface area contributed by atoms with Gasteiger partial charge in [0.2, 0.25) is 5.91 Å². The normalized spacial score (nSPS) is 11.5. The number of hydrazone groups is 1. The monoisotopic (exact) mass is 442 g/mol. The number of nitrogens with one attached hydrogen (secondary N) is 1. The fourth-order valence-electron chi connectivity index (χ4n) is 2.54. The topological polar surface area (TPSA) is 174 Å². The van der Waals surface area contributed by atoms with Crippen LogP contribution in [0.3, 0.4) is 0 Å². The van der Waals surface area contributed by atoms with E-state index in [0.717, 1.165) is 24.4 Å². The molecule has 12 heteroatoms. The number of non-ortho nitro benzene ring substituents is 1. The number of carbonyl (C=O) groups excluding carboxylic acids is 2. The van der Waals surface area contributed by atoms with Gasteiger partial charge in [-0.1, -0.05) is 30.3 Å². The van der Waals surface area contributed by atoms with Crippen LogP contribution in [0.5, 0.6) is 0 Å². The molecule has 32 heavy (non-hydrogen) atoms. The molecule has 0 aliphatic heterocycles. The molecule has 2 N–H and O–H groups in total. The van der Waals surface area contributed by atoms with Crippen molar-refractivity contribution >= 4 is 35.2 Å². The van der Waals surface area contributed by atoms with Gasteiger partial charge in [0.05, 0.1) is 35.2 Å². The van der Waals surface area contributed by atoms with E-state index >= 15 is 0 Å². The Morgan fingerprint density at radius 2 is 1.81 bits per heavy atom. The van der Waals surface area contributed by atoms with E-state index in [0.29, 0.717) is 5.56 Å². The summed E-state index contributed by atoms with van der Waals surface area (Å²) >= 11 is 0. The standard InChI is InChI=1S/C20H18N4O8/c1-2-32-20(27)16(19(26)13-6-4-3-5-7-13)12-21-22-18(25)10-14-8-9-15(23(28)29)11-17(14)24(30)31/h3-9,11-12,26H,2,10H2,1H3,(H,22,25). The highest BCUT2D eigenvalue weighted by atomic mass is 16.6. The molecular formula is C20H18N4O8. The second-order valence-corrected chi connectivity index (χ2v) is 6.15. The van der Waals surface area contributed by atoms with Crippen LogP contribution < -0.4 is 5.43 Å². The Hall–Kier alpha value is -4.61. The van der Waals surface area contributed by atoms with Crippen molar-refractivity contribution in [1.29, 1.82) is 0 Å². The molecule has 0 fully saturated rings. The van der Waals surface area contributed by atoms with Crippen molar-refractivity contribution in [2.75, 3.05) is 6.61 Å². The summed E-state index contributed by atoms with van der Waals surface area (Å²) in [7, 11) is 0. The first-order valence-electron chi connectivity index (χ1n) is 9.14. The van der Waals surface area contributed by atoms with Gasteiger partial charge in [-0.15, -0.1) is 0 Å². The first-order chi connectivity index (χ1) is 15.2. The molecule has 0 radical (unpaired) electrons. The second kappa shape index (κ2) is 11.0. The molecule has 0 spiro atoms. The fraction of sp³-hybridized carbons (Fsp3) is 0.150. The zero-order valence-corrected chi connectivity index (χ0v) is 16.8. The van der Waals surface area contributed by atoms with Crippen LogP contribution in [0.25, 0.3) is 5.76 Å². The molecule has 12 nitrogen and oxygen atoms in total. The van der Waals surface area contributed by atoms with Crippen LogP contribution in [0.15, 0.2) is 59.2 Å². The molecule has 0 unspecified atom stereocenters. The van der Waals surface area contributed by atoms with E-state index in [1.54, 1.807) is 37.3 Å². The van der Waals surface area contributed by atoms with E-state index in [9.17, 15) is 34.9 Å². The highest BCUT2D eigenvalue weighted by Crippen LogP contribution is 2.25. The number of ether oxygens (including phenoxy) is 1. The third-order valence-corrected chi connectivity index (χ3v) is 4.01. The van der Waals surface area contributed by atoms with Crippen LogP contribution in [-0.2, 0) is 20.7 Å². The van der Waals surface area contributed by atoms with Crippen molar-refractivity contribution < 1.29 is 29.3 Å². The highest BCUT2D eigenvalue weighted by Gasteiger charge is 2.21. The number of esters is 1. The van der Waals surface area contributed by atoms with E-state index < -0.39 is 45.3 Å². The molecule has 0 saturated heterocycles. The zero-order chi connectivity index (χ0) is 23.7. The first kappa shape index (κ1) is 23.7. The lowest BCUT2D eigenvalue weighted by atomic mass is 10.1. The van der Waals surface area contributed by atoms with Crippen LogP contribution in [0.1, 0.15) is 18.1 Å². The van der Waals surface area contributed by atoms with Gasteiger partial charge in [-0.3, -0.25) is 25.0 Å². The van der Waals surface area contributed by atoms with Crippen molar-refractivity contribution in [2.45, 2.75) is 13.3 Å². The molecule has 0 heterocycles. The lowest BCUT2D eigenvalue weighted by molar-refractivity contribution is -0.394. The SMILES string of the molecule is CCOC(=O)C(C=NNC(=O)Cc1ccc([N+](=O)[O-])cc1[N+](=O)[O-])=C(O)c1ccccc1. The fourth-order valence-corrected chi connectivity index (χ4v) is 2.54. The number of aliphatic hydroxyl groups is 1. The average molecular weight is 442 g/mol. The molecule has 0 aliphatic rings. The van der Waals surface area contributed by atoms with Gasteiger partial charge in [-0.25, -0.2) is 10.2 Å². The number of nitro benzene ring substituents is 2. The Balaban J connectivity index is 2.21. The lowest BCUT2D eigenvalue weighted by Gasteiger charge is -2.07. The van der Waals surface area contributed by atoms with Gasteiger partial charge >= 0.3 is 5.97 Å². The molecule has 0 atom stereocenters. The summed E-state index contributed by atoms with van der Waals surface area (Å²) < 4.78 is 4.88. The van der Waals surface area contributed by atoms with Crippen LogP contribution in [0.2, 0.25) is 0 Å². The van der Waals surface area contributed by atoms with Gasteiger partial charge in [0.25, 0.3) is 11.4 Å². The van der Waals surface area contributed by atoms with Crippen LogP contribution >= 0.6 is 0 Å². The van der Waals surface area contributed by atoms with Crippen molar-refractivity contribution in [1.82, 2.24) is 5.43 Å². The average Bonchev–Trinajstić information content (AvgIpc) is 2.77. The predicted octanol–water partition coefficient (Wildman–Crippen LogP) is 2.68. The number of hydrogen-bond acceptors (Lipinski definition) is 9. The molecular weight excluding hydrogens is 424 g/mol. The summed E-state index contributed by atoms with van der Waals surface area (Å²) in [6, 6.07) is 11.0.